The maximum absolute atomic E-state index is 13.9. The predicted octanol–water partition coefficient (Wildman–Crippen LogP) is 2.69. The van der Waals surface area contributed by atoms with Crippen LogP contribution in [0, 0.1) is 5.82 Å². The summed E-state index contributed by atoms with van der Waals surface area (Å²) in [5.74, 6) is -0.786. The van der Waals surface area contributed by atoms with Crippen molar-refractivity contribution in [2.45, 2.75) is 0 Å². The van der Waals surface area contributed by atoms with Crippen molar-refractivity contribution in [3.8, 4) is 0 Å². The zero-order valence-electron chi connectivity index (χ0n) is 10.4. The zero-order chi connectivity index (χ0) is 13.8. The van der Waals surface area contributed by atoms with Gasteiger partial charge in [-0.3, -0.25) is 0 Å². The topological polar surface area (TPSA) is 61.8 Å². The second kappa shape index (κ2) is 5.39. The van der Waals surface area contributed by atoms with Gasteiger partial charge < -0.3 is 15.8 Å². The molecule has 2 aromatic rings. The molecule has 0 radical (unpaired) electrons. The predicted molar refractivity (Wildman–Crippen MR) is 73.4 cm³/mol. The van der Waals surface area contributed by atoms with Crippen LogP contribution >= 0.6 is 0 Å². The summed E-state index contributed by atoms with van der Waals surface area (Å²) < 4.78 is 13.9. The molecule has 0 amide bonds. The number of para-hydroxylation sites is 1. The van der Waals surface area contributed by atoms with E-state index in [0.29, 0.717) is 5.69 Å². The standard InChI is InChI=1S/C14H14FN3O/c1-18(10-6-3-2-4-7-10)12-9-5-8-11(15)13(12)14(16)17-19/h2-9,19H,1H3,(H2,16,17). The fourth-order valence-electron chi connectivity index (χ4n) is 1.89. The van der Waals surface area contributed by atoms with Gasteiger partial charge in [0.05, 0.1) is 11.3 Å². The molecule has 0 aliphatic carbocycles. The summed E-state index contributed by atoms with van der Waals surface area (Å²) in [5.41, 5.74) is 7.03. The highest BCUT2D eigenvalue weighted by Crippen LogP contribution is 2.28. The van der Waals surface area contributed by atoms with Crippen molar-refractivity contribution >= 4 is 17.2 Å². The number of halogens is 1. The molecule has 0 unspecified atom stereocenters. The molecule has 5 heteroatoms. The molecule has 19 heavy (non-hydrogen) atoms. The summed E-state index contributed by atoms with van der Waals surface area (Å²) in [4.78, 5) is 1.77. The number of nitrogens with two attached hydrogens (primary N) is 1. The third-order valence-electron chi connectivity index (χ3n) is 2.86. The van der Waals surface area contributed by atoms with Gasteiger partial charge in [-0.15, -0.1) is 0 Å². The van der Waals surface area contributed by atoms with E-state index in [4.69, 9.17) is 10.9 Å². The summed E-state index contributed by atoms with van der Waals surface area (Å²) in [6, 6.07) is 14.0. The molecule has 0 spiro atoms. The summed E-state index contributed by atoms with van der Waals surface area (Å²) in [6.07, 6.45) is 0. The van der Waals surface area contributed by atoms with Crippen LogP contribution in [-0.2, 0) is 0 Å². The zero-order valence-corrected chi connectivity index (χ0v) is 10.4. The van der Waals surface area contributed by atoms with Gasteiger partial charge in [0.15, 0.2) is 5.84 Å². The van der Waals surface area contributed by atoms with E-state index in [0.717, 1.165) is 5.69 Å². The Morgan fingerprint density at radius 2 is 1.84 bits per heavy atom. The van der Waals surface area contributed by atoms with E-state index in [-0.39, 0.29) is 11.4 Å². The van der Waals surface area contributed by atoms with Crippen LogP contribution < -0.4 is 10.6 Å². The van der Waals surface area contributed by atoms with Gasteiger partial charge in [-0.25, -0.2) is 4.39 Å². The third kappa shape index (κ3) is 2.49. The van der Waals surface area contributed by atoms with Crippen LogP contribution in [-0.4, -0.2) is 18.1 Å². The molecule has 0 saturated heterocycles. The maximum atomic E-state index is 13.9. The minimum absolute atomic E-state index is 0.0800. The normalized spacial score (nSPS) is 11.4. The van der Waals surface area contributed by atoms with E-state index >= 15 is 0 Å². The Bertz CT molecular complexity index is 599. The fraction of sp³-hybridized carbons (Fsp3) is 0.0714. The van der Waals surface area contributed by atoms with Gasteiger partial charge in [-0.05, 0) is 24.3 Å². The second-order valence-corrected chi connectivity index (χ2v) is 4.01. The van der Waals surface area contributed by atoms with E-state index in [1.165, 1.54) is 6.07 Å². The van der Waals surface area contributed by atoms with Gasteiger partial charge >= 0.3 is 0 Å². The number of hydrogen-bond donors (Lipinski definition) is 2. The highest BCUT2D eigenvalue weighted by molar-refractivity contribution is 6.03. The molecule has 2 rings (SSSR count). The molecule has 0 fully saturated rings. The Hall–Kier alpha value is -2.56. The van der Waals surface area contributed by atoms with Gasteiger partial charge in [0, 0.05) is 12.7 Å². The molecule has 0 heterocycles. The molecule has 0 saturated carbocycles. The highest BCUT2D eigenvalue weighted by Gasteiger charge is 2.16. The largest absolute Gasteiger partial charge is 0.409 e. The fourth-order valence-corrected chi connectivity index (χ4v) is 1.89. The average molecular weight is 259 g/mol. The van der Waals surface area contributed by atoms with Crippen LogP contribution in [0.3, 0.4) is 0 Å². The van der Waals surface area contributed by atoms with Crippen LogP contribution in [0.4, 0.5) is 15.8 Å². The van der Waals surface area contributed by atoms with Crippen molar-refractivity contribution in [2.75, 3.05) is 11.9 Å². The first-order valence-electron chi connectivity index (χ1n) is 5.70. The summed E-state index contributed by atoms with van der Waals surface area (Å²) >= 11 is 0. The number of hydrogen-bond acceptors (Lipinski definition) is 3. The molecule has 0 atom stereocenters. The molecule has 0 aromatic heterocycles. The lowest BCUT2D eigenvalue weighted by Crippen LogP contribution is -2.21. The van der Waals surface area contributed by atoms with Gasteiger partial charge in [0.1, 0.15) is 5.82 Å². The van der Waals surface area contributed by atoms with Gasteiger partial charge in [0.25, 0.3) is 0 Å². The molecule has 3 N–H and O–H groups in total. The molecule has 0 aliphatic heterocycles. The SMILES string of the molecule is CN(c1ccccc1)c1cccc(F)c1C(N)=NO. The number of amidine groups is 1. The molecule has 4 nitrogen and oxygen atoms in total. The van der Waals surface area contributed by atoms with Crippen molar-refractivity contribution in [2.24, 2.45) is 10.9 Å². The van der Waals surface area contributed by atoms with Crippen molar-refractivity contribution in [3.63, 3.8) is 0 Å². The monoisotopic (exact) mass is 259 g/mol. The van der Waals surface area contributed by atoms with Crippen LogP contribution in [0.5, 0.6) is 0 Å². The van der Waals surface area contributed by atoms with Gasteiger partial charge in [-0.2, -0.15) is 0 Å². The summed E-state index contributed by atoms with van der Waals surface area (Å²) in [5, 5.41) is 11.7. The first-order valence-corrected chi connectivity index (χ1v) is 5.70. The van der Waals surface area contributed by atoms with Crippen LogP contribution in [0.25, 0.3) is 0 Å². The second-order valence-electron chi connectivity index (χ2n) is 4.01. The van der Waals surface area contributed by atoms with Crippen molar-refractivity contribution in [1.29, 1.82) is 0 Å². The Kier molecular flexibility index (Phi) is 3.66. The Balaban J connectivity index is 2.54. The highest BCUT2D eigenvalue weighted by atomic mass is 19.1. The van der Waals surface area contributed by atoms with Crippen LogP contribution in [0.15, 0.2) is 53.7 Å². The Morgan fingerprint density at radius 3 is 2.47 bits per heavy atom. The average Bonchev–Trinajstić information content (AvgIpc) is 2.46. The maximum Gasteiger partial charge on any atom is 0.175 e. The molecule has 0 bridgehead atoms. The van der Waals surface area contributed by atoms with E-state index < -0.39 is 5.82 Å². The van der Waals surface area contributed by atoms with Crippen molar-refractivity contribution in [3.05, 3.63) is 59.9 Å². The number of oxime groups is 1. The summed E-state index contributed by atoms with van der Waals surface area (Å²) in [6.45, 7) is 0. The van der Waals surface area contributed by atoms with Crippen LogP contribution in [0.1, 0.15) is 5.56 Å². The lowest BCUT2D eigenvalue weighted by atomic mass is 10.1. The first kappa shape index (κ1) is 12.9. The van der Waals surface area contributed by atoms with E-state index in [1.807, 2.05) is 30.3 Å². The molecule has 2 aromatic carbocycles. The Morgan fingerprint density at radius 1 is 1.16 bits per heavy atom. The first-order chi connectivity index (χ1) is 9.15. The minimum Gasteiger partial charge on any atom is -0.409 e. The van der Waals surface area contributed by atoms with E-state index in [2.05, 4.69) is 5.16 Å². The molecule has 0 aliphatic rings. The quantitative estimate of drug-likeness (QED) is 0.385. The minimum atomic E-state index is -0.532. The summed E-state index contributed by atoms with van der Waals surface area (Å²) in [7, 11) is 1.79. The van der Waals surface area contributed by atoms with Crippen molar-refractivity contribution < 1.29 is 9.60 Å². The lowest BCUT2D eigenvalue weighted by molar-refractivity contribution is 0.318. The molecular formula is C14H14FN3O. The number of rotatable bonds is 3. The smallest absolute Gasteiger partial charge is 0.175 e. The third-order valence-corrected chi connectivity index (χ3v) is 2.86. The van der Waals surface area contributed by atoms with Crippen molar-refractivity contribution in [1.82, 2.24) is 0 Å². The lowest BCUT2D eigenvalue weighted by Gasteiger charge is -2.22. The number of nitrogens with zero attached hydrogens (tertiary/aromatic N) is 2. The van der Waals surface area contributed by atoms with Gasteiger partial charge in [-0.1, -0.05) is 29.4 Å². The number of anilines is 2. The molecule has 98 valence electrons. The number of benzene rings is 2. The molecular weight excluding hydrogens is 245 g/mol. The van der Waals surface area contributed by atoms with Gasteiger partial charge in [0.2, 0.25) is 0 Å². The van der Waals surface area contributed by atoms with E-state index in [9.17, 15) is 4.39 Å². The van der Waals surface area contributed by atoms with Crippen LogP contribution in [0.2, 0.25) is 0 Å². The van der Waals surface area contributed by atoms with E-state index in [1.54, 1.807) is 24.1 Å². The Labute approximate surface area is 110 Å².